The topological polar surface area (TPSA) is 41.1 Å². The molecular formula is C10H20N2OS. The van der Waals surface area contributed by atoms with Crippen molar-refractivity contribution in [3.05, 3.63) is 0 Å². The highest BCUT2D eigenvalue weighted by Gasteiger charge is 2.23. The van der Waals surface area contributed by atoms with Crippen LogP contribution in [0.1, 0.15) is 25.7 Å². The minimum Gasteiger partial charge on any atom is -0.359 e. The van der Waals surface area contributed by atoms with E-state index in [4.69, 9.17) is 0 Å². The lowest BCUT2D eigenvalue weighted by atomic mass is 10.2. The zero-order chi connectivity index (χ0) is 10.4. The van der Waals surface area contributed by atoms with Crippen molar-refractivity contribution in [2.24, 2.45) is 0 Å². The summed E-state index contributed by atoms with van der Waals surface area (Å²) in [5, 5.41) is 6.89. The Labute approximate surface area is 90.4 Å². The maximum absolute atomic E-state index is 11.0. The lowest BCUT2D eigenvalue weighted by molar-refractivity contribution is -0.120. The van der Waals surface area contributed by atoms with Gasteiger partial charge in [-0.15, -0.1) is 0 Å². The molecule has 2 N–H and O–H groups in total. The van der Waals surface area contributed by atoms with Crippen LogP contribution in [0.3, 0.4) is 0 Å². The first-order valence-corrected chi connectivity index (χ1v) is 6.51. The Morgan fingerprint density at radius 3 is 2.86 bits per heavy atom. The predicted molar refractivity (Wildman–Crippen MR) is 61.6 cm³/mol. The molecule has 2 atom stereocenters. The second kappa shape index (κ2) is 6.30. The Bertz CT molecular complexity index is 187. The van der Waals surface area contributed by atoms with Crippen LogP contribution in [-0.4, -0.2) is 37.0 Å². The highest BCUT2D eigenvalue weighted by molar-refractivity contribution is 7.99. The molecule has 0 aromatic carbocycles. The molecule has 1 fully saturated rings. The second-order valence-corrected chi connectivity index (χ2v) is 4.88. The number of rotatable bonds is 5. The van der Waals surface area contributed by atoms with Gasteiger partial charge in [-0.1, -0.05) is 0 Å². The van der Waals surface area contributed by atoms with Crippen LogP contribution in [0, 0.1) is 0 Å². The van der Waals surface area contributed by atoms with E-state index in [9.17, 15) is 4.79 Å². The van der Waals surface area contributed by atoms with Gasteiger partial charge in [-0.05, 0) is 25.5 Å². The quantitative estimate of drug-likeness (QED) is 0.720. The van der Waals surface area contributed by atoms with E-state index in [1.807, 2.05) is 11.8 Å². The van der Waals surface area contributed by atoms with Crippen molar-refractivity contribution in [3.8, 4) is 0 Å². The summed E-state index contributed by atoms with van der Waals surface area (Å²) in [6, 6.07) is 0.636. The van der Waals surface area contributed by atoms with Crippen molar-refractivity contribution in [1.82, 2.24) is 10.6 Å². The number of thioether (sulfide) groups is 1. The van der Waals surface area contributed by atoms with Gasteiger partial charge in [0.1, 0.15) is 0 Å². The molecule has 0 heterocycles. The molecule has 0 bridgehead atoms. The maximum Gasteiger partial charge on any atom is 0.221 e. The van der Waals surface area contributed by atoms with Gasteiger partial charge in [0.05, 0.1) is 0 Å². The largest absolute Gasteiger partial charge is 0.359 e. The van der Waals surface area contributed by atoms with E-state index in [1.54, 1.807) is 7.05 Å². The highest BCUT2D eigenvalue weighted by atomic mass is 32.2. The molecule has 1 saturated carbocycles. The minimum atomic E-state index is 0.122. The van der Waals surface area contributed by atoms with Gasteiger partial charge in [0.25, 0.3) is 0 Å². The first-order valence-electron chi connectivity index (χ1n) is 5.23. The molecule has 3 nitrogen and oxygen atoms in total. The van der Waals surface area contributed by atoms with E-state index < -0.39 is 0 Å². The zero-order valence-corrected chi connectivity index (χ0v) is 9.82. The Balaban J connectivity index is 2.05. The zero-order valence-electron chi connectivity index (χ0n) is 9.01. The molecule has 0 aliphatic heterocycles. The van der Waals surface area contributed by atoms with E-state index in [2.05, 4.69) is 16.9 Å². The van der Waals surface area contributed by atoms with Crippen LogP contribution in [0.5, 0.6) is 0 Å². The normalized spacial score (nSPS) is 26.4. The fourth-order valence-electron chi connectivity index (χ4n) is 1.85. The lowest BCUT2D eigenvalue weighted by Gasteiger charge is -2.11. The van der Waals surface area contributed by atoms with Crippen molar-refractivity contribution >= 4 is 17.7 Å². The summed E-state index contributed by atoms with van der Waals surface area (Å²) in [5.41, 5.74) is 0. The lowest BCUT2D eigenvalue weighted by Crippen LogP contribution is -2.31. The van der Waals surface area contributed by atoms with Crippen LogP contribution in [0.15, 0.2) is 0 Å². The molecule has 82 valence electrons. The van der Waals surface area contributed by atoms with Gasteiger partial charge in [0.2, 0.25) is 5.91 Å². The third-order valence-electron chi connectivity index (χ3n) is 2.78. The molecule has 1 aliphatic rings. The van der Waals surface area contributed by atoms with Crippen LogP contribution in [0.25, 0.3) is 0 Å². The van der Waals surface area contributed by atoms with Crippen molar-refractivity contribution < 1.29 is 4.79 Å². The number of hydrogen-bond acceptors (Lipinski definition) is 3. The van der Waals surface area contributed by atoms with Gasteiger partial charge in [-0.2, -0.15) is 11.8 Å². The Kier molecular flexibility index (Phi) is 5.33. The average Bonchev–Trinajstić information content (AvgIpc) is 2.65. The molecule has 0 radical (unpaired) electrons. The summed E-state index contributed by atoms with van der Waals surface area (Å²) >= 11 is 1.96. The van der Waals surface area contributed by atoms with Crippen molar-refractivity contribution in [2.45, 2.75) is 37.0 Å². The molecule has 1 rings (SSSR count). The van der Waals surface area contributed by atoms with Crippen molar-refractivity contribution in [3.63, 3.8) is 0 Å². The van der Waals surface area contributed by atoms with Gasteiger partial charge < -0.3 is 10.6 Å². The van der Waals surface area contributed by atoms with Gasteiger partial charge in [0.15, 0.2) is 0 Å². The third-order valence-corrected chi connectivity index (χ3v) is 3.88. The number of nitrogens with one attached hydrogen (secondary N) is 2. The summed E-state index contributed by atoms with van der Waals surface area (Å²) in [6.45, 7) is 0.811. The first-order chi connectivity index (χ1) is 6.76. The number of amides is 1. The van der Waals surface area contributed by atoms with Crippen LogP contribution in [0.4, 0.5) is 0 Å². The Morgan fingerprint density at radius 1 is 1.50 bits per heavy atom. The molecular weight excluding hydrogens is 196 g/mol. The SMILES string of the molecule is CNC(=O)CCNC1CCC(SC)C1. The van der Waals surface area contributed by atoms with E-state index >= 15 is 0 Å². The van der Waals surface area contributed by atoms with Gasteiger partial charge in [-0.3, -0.25) is 4.79 Å². The standard InChI is InChI=1S/C10H20N2OS/c1-11-10(13)5-6-12-8-3-4-9(7-8)14-2/h8-9,12H,3-7H2,1-2H3,(H,11,13). The number of carbonyl (C=O) groups is 1. The van der Waals surface area contributed by atoms with E-state index in [1.165, 1.54) is 19.3 Å². The van der Waals surface area contributed by atoms with Gasteiger partial charge in [0, 0.05) is 31.3 Å². The first kappa shape index (κ1) is 11.9. The van der Waals surface area contributed by atoms with Crippen LogP contribution < -0.4 is 10.6 Å². The number of hydrogen-bond donors (Lipinski definition) is 2. The minimum absolute atomic E-state index is 0.122. The predicted octanol–water partition coefficient (Wildman–Crippen LogP) is 0.996. The summed E-state index contributed by atoms with van der Waals surface area (Å²) in [5.74, 6) is 0.122. The summed E-state index contributed by atoms with van der Waals surface area (Å²) in [6.07, 6.45) is 6.61. The Hall–Kier alpha value is -0.220. The fourth-order valence-corrected chi connectivity index (χ4v) is 2.65. The molecule has 0 saturated heterocycles. The monoisotopic (exact) mass is 216 g/mol. The maximum atomic E-state index is 11.0. The van der Waals surface area contributed by atoms with E-state index in [-0.39, 0.29) is 5.91 Å². The average molecular weight is 216 g/mol. The molecule has 1 amide bonds. The van der Waals surface area contributed by atoms with Crippen LogP contribution >= 0.6 is 11.8 Å². The molecule has 14 heavy (non-hydrogen) atoms. The third kappa shape index (κ3) is 3.88. The smallest absolute Gasteiger partial charge is 0.221 e. The fraction of sp³-hybridized carbons (Fsp3) is 0.900. The molecule has 0 spiro atoms. The van der Waals surface area contributed by atoms with Gasteiger partial charge in [-0.25, -0.2) is 0 Å². The highest BCUT2D eigenvalue weighted by Crippen LogP contribution is 2.27. The molecule has 1 aliphatic carbocycles. The number of carbonyl (C=O) groups excluding carboxylic acids is 1. The molecule has 4 heteroatoms. The summed E-state index contributed by atoms with van der Waals surface area (Å²) in [7, 11) is 1.68. The molecule has 0 aromatic rings. The summed E-state index contributed by atoms with van der Waals surface area (Å²) < 4.78 is 0. The van der Waals surface area contributed by atoms with Gasteiger partial charge >= 0.3 is 0 Å². The van der Waals surface area contributed by atoms with Crippen LogP contribution in [-0.2, 0) is 4.79 Å². The molecule has 2 unspecified atom stereocenters. The second-order valence-electron chi connectivity index (χ2n) is 3.74. The van der Waals surface area contributed by atoms with Crippen molar-refractivity contribution in [2.75, 3.05) is 19.8 Å². The Morgan fingerprint density at radius 2 is 2.29 bits per heavy atom. The van der Waals surface area contributed by atoms with Crippen molar-refractivity contribution in [1.29, 1.82) is 0 Å². The van der Waals surface area contributed by atoms with E-state index in [0.29, 0.717) is 12.5 Å². The van der Waals surface area contributed by atoms with Crippen LogP contribution in [0.2, 0.25) is 0 Å². The van der Waals surface area contributed by atoms with E-state index in [0.717, 1.165) is 11.8 Å². The summed E-state index contributed by atoms with van der Waals surface area (Å²) in [4.78, 5) is 11.0. The molecule has 0 aromatic heterocycles.